The smallest absolute Gasteiger partial charge is 0.303 e. The normalized spacial score (nSPS) is 49.1. The molecule has 10 atom stereocenters. The average Bonchev–Trinajstić information content (AvgIpc) is 3.05. The number of carboxylic acid groups (broad SMARTS) is 1. The first-order valence-corrected chi connectivity index (χ1v) is 12.9. The standard InChI is InChI=1S/C27H44O3/c1-6-18-22-15-16(2)11-13-27(22,5)21-12-14-26(4)19(17(3)7-10-23(28)29)8-9-20(26)24(21)25(18)30/h16-22,24H,6-15H2,1-5H3,(H,28,29)/t16-,17-,18-,19-,20+,21+,22+,24+,26-,27-/m1/s1. The molecular weight excluding hydrogens is 372 g/mol. The highest BCUT2D eigenvalue weighted by Crippen LogP contribution is 2.69. The second-order valence-electron chi connectivity index (χ2n) is 12.3. The molecule has 4 rings (SSSR count). The molecule has 1 N–H and O–H groups in total. The van der Waals surface area contributed by atoms with Crippen molar-refractivity contribution in [2.24, 2.45) is 58.2 Å². The summed E-state index contributed by atoms with van der Waals surface area (Å²) in [6.07, 6.45) is 10.8. The van der Waals surface area contributed by atoms with Crippen LogP contribution in [0, 0.1) is 58.2 Å². The first-order chi connectivity index (χ1) is 14.1. The van der Waals surface area contributed by atoms with Gasteiger partial charge in [0.05, 0.1) is 0 Å². The van der Waals surface area contributed by atoms with Crippen LogP contribution in [0.3, 0.4) is 0 Å². The fraction of sp³-hybridized carbons (Fsp3) is 0.926. The van der Waals surface area contributed by atoms with Crippen molar-refractivity contribution in [1.82, 2.24) is 0 Å². The van der Waals surface area contributed by atoms with E-state index in [1.165, 1.54) is 44.9 Å². The van der Waals surface area contributed by atoms with Gasteiger partial charge in [-0.15, -0.1) is 0 Å². The molecule has 3 heteroatoms. The van der Waals surface area contributed by atoms with E-state index >= 15 is 0 Å². The Bertz CT molecular complexity index is 686. The Kier molecular flexibility index (Phi) is 5.90. The van der Waals surface area contributed by atoms with Gasteiger partial charge in [0.25, 0.3) is 0 Å². The fourth-order valence-electron chi connectivity index (χ4n) is 9.38. The van der Waals surface area contributed by atoms with E-state index in [1.54, 1.807) is 0 Å². The lowest BCUT2D eigenvalue weighted by molar-refractivity contribution is -0.170. The summed E-state index contributed by atoms with van der Waals surface area (Å²) in [7, 11) is 0. The van der Waals surface area contributed by atoms with E-state index in [0.29, 0.717) is 40.8 Å². The molecule has 0 aromatic rings. The van der Waals surface area contributed by atoms with Gasteiger partial charge in [-0.05, 0) is 97.7 Å². The first-order valence-electron chi connectivity index (χ1n) is 12.9. The van der Waals surface area contributed by atoms with Crippen LogP contribution in [-0.2, 0) is 9.59 Å². The van der Waals surface area contributed by atoms with Crippen molar-refractivity contribution in [3.63, 3.8) is 0 Å². The molecule has 0 aromatic heterocycles. The van der Waals surface area contributed by atoms with Gasteiger partial charge in [0, 0.05) is 18.3 Å². The molecule has 0 aromatic carbocycles. The van der Waals surface area contributed by atoms with E-state index in [-0.39, 0.29) is 23.7 Å². The molecule has 4 aliphatic rings. The summed E-state index contributed by atoms with van der Waals surface area (Å²) in [5.41, 5.74) is 0.568. The van der Waals surface area contributed by atoms with E-state index in [0.717, 1.165) is 18.8 Å². The second kappa shape index (κ2) is 7.93. The lowest BCUT2D eigenvalue weighted by atomic mass is 9.41. The zero-order valence-electron chi connectivity index (χ0n) is 20.0. The third-order valence-electron chi connectivity index (χ3n) is 11.0. The van der Waals surface area contributed by atoms with Crippen LogP contribution >= 0.6 is 0 Å². The topological polar surface area (TPSA) is 54.4 Å². The number of fused-ring (bicyclic) bond motifs is 5. The van der Waals surface area contributed by atoms with Crippen molar-refractivity contribution in [3.8, 4) is 0 Å². The third kappa shape index (κ3) is 3.28. The van der Waals surface area contributed by atoms with Gasteiger partial charge in [-0.2, -0.15) is 0 Å². The molecule has 3 nitrogen and oxygen atoms in total. The Morgan fingerprint density at radius 1 is 1.07 bits per heavy atom. The van der Waals surface area contributed by atoms with Crippen LogP contribution < -0.4 is 0 Å². The first kappa shape index (κ1) is 22.3. The van der Waals surface area contributed by atoms with Gasteiger partial charge >= 0.3 is 5.97 Å². The number of hydrogen-bond acceptors (Lipinski definition) is 2. The molecule has 0 bridgehead atoms. The van der Waals surface area contributed by atoms with Gasteiger partial charge in [-0.1, -0.05) is 41.0 Å². The highest BCUT2D eigenvalue weighted by Gasteiger charge is 2.64. The number of aliphatic carboxylic acids is 1. The van der Waals surface area contributed by atoms with Crippen molar-refractivity contribution in [2.75, 3.05) is 0 Å². The van der Waals surface area contributed by atoms with Gasteiger partial charge in [0.15, 0.2) is 0 Å². The van der Waals surface area contributed by atoms with Crippen LogP contribution in [-0.4, -0.2) is 16.9 Å². The van der Waals surface area contributed by atoms with Gasteiger partial charge in [-0.25, -0.2) is 0 Å². The Morgan fingerprint density at radius 2 is 1.73 bits per heavy atom. The molecule has 4 aliphatic carbocycles. The molecule has 170 valence electrons. The SMILES string of the molecule is CC[C@H]1C(=O)[C@@H]2[C@H](CC[C@]3(C)[C@@H]([C@H](C)CCC(=O)O)CC[C@@H]23)[C@@]2(C)CC[C@@H](C)C[C@@H]12. The maximum absolute atomic E-state index is 14.0. The summed E-state index contributed by atoms with van der Waals surface area (Å²) >= 11 is 0. The summed E-state index contributed by atoms with van der Waals surface area (Å²) in [4.78, 5) is 25.1. The maximum Gasteiger partial charge on any atom is 0.303 e. The number of ketones is 1. The monoisotopic (exact) mass is 416 g/mol. The molecule has 0 amide bonds. The third-order valence-corrected chi connectivity index (χ3v) is 11.0. The number of carboxylic acids is 1. The second-order valence-corrected chi connectivity index (χ2v) is 12.3. The lowest BCUT2D eigenvalue weighted by Gasteiger charge is -2.62. The van der Waals surface area contributed by atoms with Crippen molar-refractivity contribution in [2.45, 2.75) is 98.8 Å². The fourth-order valence-corrected chi connectivity index (χ4v) is 9.38. The minimum atomic E-state index is -0.677. The van der Waals surface area contributed by atoms with Crippen molar-refractivity contribution in [3.05, 3.63) is 0 Å². The Hall–Kier alpha value is -0.860. The quantitative estimate of drug-likeness (QED) is 0.549. The van der Waals surface area contributed by atoms with Crippen molar-refractivity contribution < 1.29 is 14.7 Å². The Labute approximate surface area is 183 Å². The Morgan fingerprint density at radius 3 is 2.40 bits per heavy atom. The number of Topliss-reactive ketones (excluding diaryl/α,β-unsaturated/α-hetero) is 1. The maximum atomic E-state index is 14.0. The largest absolute Gasteiger partial charge is 0.481 e. The minimum absolute atomic E-state index is 0.220. The molecule has 0 heterocycles. The average molecular weight is 417 g/mol. The van der Waals surface area contributed by atoms with E-state index in [9.17, 15) is 9.59 Å². The number of hydrogen-bond donors (Lipinski definition) is 1. The van der Waals surface area contributed by atoms with E-state index in [1.807, 2.05) is 0 Å². The molecule has 4 fully saturated rings. The van der Waals surface area contributed by atoms with E-state index in [2.05, 4.69) is 34.6 Å². The van der Waals surface area contributed by atoms with E-state index in [4.69, 9.17) is 5.11 Å². The lowest BCUT2D eigenvalue weighted by Crippen LogP contribution is -2.60. The molecule has 0 unspecified atom stereocenters. The molecule has 0 spiro atoms. The molecule has 4 saturated carbocycles. The number of carbonyl (C=O) groups is 2. The number of rotatable bonds is 5. The van der Waals surface area contributed by atoms with Crippen molar-refractivity contribution in [1.29, 1.82) is 0 Å². The van der Waals surface area contributed by atoms with Gasteiger partial charge in [0.2, 0.25) is 0 Å². The van der Waals surface area contributed by atoms with Crippen LogP contribution in [0.2, 0.25) is 0 Å². The highest BCUT2D eigenvalue weighted by molar-refractivity contribution is 5.86. The van der Waals surface area contributed by atoms with Gasteiger partial charge in [-0.3, -0.25) is 9.59 Å². The zero-order valence-corrected chi connectivity index (χ0v) is 20.0. The minimum Gasteiger partial charge on any atom is -0.481 e. The summed E-state index contributed by atoms with van der Waals surface area (Å²) in [5.74, 6) is 3.95. The summed E-state index contributed by atoms with van der Waals surface area (Å²) < 4.78 is 0. The highest BCUT2D eigenvalue weighted by atomic mass is 16.4. The van der Waals surface area contributed by atoms with Gasteiger partial charge in [0.1, 0.15) is 5.78 Å². The zero-order chi connectivity index (χ0) is 21.8. The number of carbonyl (C=O) groups excluding carboxylic acids is 1. The predicted octanol–water partition coefficient (Wildman–Crippen LogP) is 6.60. The summed E-state index contributed by atoms with van der Waals surface area (Å²) in [6.45, 7) is 11.9. The van der Waals surface area contributed by atoms with Crippen LogP contribution in [0.5, 0.6) is 0 Å². The molecular formula is C27H44O3. The molecule has 0 aliphatic heterocycles. The molecule has 0 radical (unpaired) electrons. The summed E-state index contributed by atoms with van der Waals surface area (Å²) in [5, 5.41) is 9.16. The summed E-state index contributed by atoms with van der Waals surface area (Å²) in [6, 6.07) is 0. The molecule has 0 saturated heterocycles. The van der Waals surface area contributed by atoms with Crippen LogP contribution in [0.1, 0.15) is 98.8 Å². The van der Waals surface area contributed by atoms with Crippen LogP contribution in [0.15, 0.2) is 0 Å². The predicted molar refractivity (Wildman–Crippen MR) is 120 cm³/mol. The van der Waals surface area contributed by atoms with Gasteiger partial charge < -0.3 is 5.11 Å². The van der Waals surface area contributed by atoms with Crippen LogP contribution in [0.25, 0.3) is 0 Å². The molecule has 30 heavy (non-hydrogen) atoms. The van der Waals surface area contributed by atoms with Crippen molar-refractivity contribution >= 4 is 11.8 Å². The Balaban J connectivity index is 1.62. The van der Waals surface area contributed by atoms with E-state index < -0.39 is 5.97 Å². The van der Waals surface area contributed by atoms with Crippen LogP contribution in [0.4, 0.5) is 0 Å².